The van der Waals surface area contributed by atoms with Gasteiger partial charge in [0.15, 0.2) is 16.9 Å². The summed E-state index contributed by atoms with van der Waals surface area (Å²) in [4.78, 5) is 9.66. The fourth-order valence-corrected chi connectivity index (χ4v) is 5.33. The van der Waals surface area contributed by atoms with E-state index in [0.29, 0.717) is 45.1 Å². The number of ether oxygens (including phenoxy) is 2. The van der Waals surface area contributed by atoms with Crippen LogP contribution in [-0.2, 0) is 6.61 Å². The number of nitrogens with zero attached hydrogens (tertiary/aromatic N) is 4. The van der Waals surface area contributed by atoms with Gasteiger partial charge in [-0.25, -0.2) is 14.4 Å². The van der Waals surface area contributed by atoms with Gasteiger partial charge in [-0.1, -0.05) is 41.7 Å². The molecule has 176 valence electrons. The third-order valence-corrected chi connectivity index (χ3v) is 7.47. The summed E-state index contributed by atoms with van der Waals surface area (Å²) in [5, 5.41) is 8.44. The Kier molecular flexibility index (Phi) is 5.46. The molecule has 6 rings (SSSR count). The first-order valence-electron chi connectivity index (χ1n) is 10.8. The van der Waals surface area contributed by atoms with Crippen LogP contribution in [0.1, 0.15) is 23.8 Å². The fourth-order valence-electron chi connectivity index (χ4n) is 3.72. The number of rotatable bonds is 7. The van der Waals surface area contributed by atoms with Crippen molar-refractivity contribution in [2.24, 2.45) is 0 Å². The van der Waals surface area contributed by atoms with Crippen molar-refractivity contribution >= 4 is 38.6 Å². The summed E-state index contributed by atoms with van der Waals surface area (Å²) >= 11 is 2.80. The van der Waals surface area contributed by atoms with E-state index >= 15 is 0 Å². The normalized spacial score (nSPS) is 12.4. The van der Waals surface area contributed by atoms with Crippen LogP contribution in [-0.4, -0.2) is 26.7 Å². The van der Waals surface area contributed by atoms with E-state index in [9.17, 15) is 4.39 Å². The number of halogens is 1. The molecule has 4 heterocycles. The third-order valence-electron chi connectivity index (χ3n) is 5.45. The molecule has 0 amide bonds. The van der Waals surface area contributed by atoms with Crippen molar-refractivity contribution in [3.8, 4) is 33.5 Å². The second-order valence-electron chi connectivity index (χ2n) is 7.84. The molecule has 0 fully saturated rings. The van der Waals surface area contributed by atoms with Crippen LogP contribution < -0.4 is 9.47 Å². The lowest BCUT2D eigenvalue weighted by atomic mass is 10.2. The highest BCUT2D eigenvalue weighted by atomic mass is 32.1. The Balaban J connectivity index is 1.33. The molecule has 10 heteroatoms. The van der Waals surface area contributed by atoms with Gasteiger partial charge < -0.3 is 13.9 Å². The van der Waals surface area contributed by atoms with Crippen molar-refractivity contribution in [1.82, 2.24) is 19.6 Å². The zero-order valence-electron chi connectivity index (χ0n) is 18.8. The smallest absolute Gasteiger partial charge is 0.212 e. The minimum atomic E-state index is -1.16. The maximum absolute atomic E-state index is 13.8. The average molecular weight is 507 g/mol. The fraction of sp³-hybridized carbons (Fsp3) is 0.160. The predicted octanol–water partition coefficient (Wildman–Crippen LogP) is 6.95. The molecule has 0 aliphatic rings. The van der Waals surface area contributed by atoms with Crippen LogP contribution in [0.25, 0.3) is 38.0 Å². The summed E-state index contributed by atoms with van der Waals surface area (Å²) < 4.78 is 33.1. The van der Waals surface area contributed by atoms with Crippen molar-refractivity contribution in [3.05, 3.63) is 70.8 Å². The molecule has 2 aromatic carbocycles. The van der Waals surface area contributed by atoms with E-state index in [1.165, 1.54) is 18.3 Å². The lowest BCUT2D eigenvalue weighted by Gasteiger charge is -2.07. The zero-order valence-corrected chi connectivity index (χ0v) is 20.4. The van der Waals surface area contributed by atoms with Crippen molar-refractivity contribution < 1.29 is 18.3 Å². The van der Waals surface area contributed by atoms with Crippen molar-refractivity contribution in [1.29, 1.82) is 0 Å². The predicted molar refractivity (Wildman–Crippen MR) is 134 cm³/mol. The number of imidazole rings is 1. The van der Waals surface area contributed by atoms with E-state index in [0.717, 1.165) is 21.7 Å². The Morgan fingerprint density at radius 3 is 2.83 bits per heavy atom. The third kappa shape index (κ3) is 4.04. The molecule has 0 N–H and O–H groups in total. The van der Waals surface area contributed by atoms with E-state index < -0.39 is 6.17 Å². The maximum Gasteiger partial charge on any atom is 0.212 e. The second-order valence-corrected chi connectivity index (χ2v) is 9.69. The van der Waals surface area contributed by atoms with Crippen LogP contribution in [0.2, 0.25) is 0 Å². The number of benzene rings is 2. The largest absolute Gasteiger partial charge is 0.496 e. The average Bonchev–Trinajstić information content (AvgIpc) is 3.65. The van der Waals surface area contributed by atoms with Crippen molar-refractivity contribution in [2.45, 2.75) is 19.7 Å². The van der Waals surface area contributed by atoms with Gasteiger partial charge in [0.1, 0.15) is 34.4 Å². The SMILES string of the molecule is COc1cc(OCc2csc(-c3ccccc3)n2)c2cc(-c3cnc4sc(C(C)F)nn34)oc2c1. The standard InChI is InChI=1S/C25H19FN4O3S2/c1-14(26)23-29-30-19(11-27-25(30)35-23)22-10-18-20(8-17(31-2)9-21(18)33-22)32-12-16-13-34-24(28-16)15-6-4-3-5-7-15/h3-11,13-14H,12H2,1-2H3. The van der Waals surface area contributed by atoms with Crippen LogP contribution in [0, 0.1) is 0 Å². The Morgan fingerprint density at radius 1 is 1.17 bits per heavy atom. The number of aromatic nitrogens is 4. The van der Waals surface area contributed by atoms with E-state index in [4.69, 9.17) is 18.9 Å². The summed E-state index contributed by atoms with van der Waals surface area (Å²) in [5.74, 6) is 1.77. The highest BCUT2D eigenvalue weighted by molar-refractivity contribution is 7.16. The molecule has 0 bridgehead atoms. The van der Waals surface area contributed by atoms with Gasteiger partial charge >= 0.3 is 0 Å². The first-order valence-corrected chi connectivity index (χ1v) is 12.5. The molecular weight excluding hydrogens is 487 g/mol. The number of fused-ring (bicyclic) bond motifs is 2. The second kappa shape index (κ2) is 8.79. The number of alkyl halides is 1. The van der Waals surface area contributed by atoms with Gasteiger partial charge in [-0.2, -0.15) is 9.61 Å². The number of thiazole rings is 1. The molecule has 0 spiro atoms. The van der Waals surface area contributed by atoms with Gasteiger partial charge in [-0.15, -0.1) is 11.3 Å². The number of furan rings is 1. The summed E-state index contributed by atoms with van der Waals surface area (Å²) in [6.45, 7) is 1.76. The van der Waals surface area contributed by atoms with Gasteiger partial charge in [-0.3, -0.25) is 0 Å². The Bertz CT molecular complexity index is 1630. The minimum Gasteiger partial charge on any atom is -0.496 e. The summed E-state index contributed by atoms with van der Waals surface area (Å²) in [7, 11) is 1.59. The van der Waals surface area contributed by atoms with Crippen LogP contribution in [0.3, 0.4) is 0 Å². The van der Waals surface area contributed by atoms with E-state index in [-0.39, 0.29) is 0 Å². The van der Waals surface area contributed by atoms with Crippen LogP contribution in [0.4, 0.5) is 4.39 Å². The first-order chi connectivity index (χ1) is 17.1. The molecule has 4 aromatic heterocycles. The Labute approximate surface area is 207 Å². The highest BCUT2D eigenvalue weighted by Gasteiger charge is 2.20. The summed E-state index contributed by atoms with van der Waals surface area (Å²) in [6.07, 6.45) is 0.504. The van der Waals surface area contributed by atoms with Gasteiger partial charge in [-0.05, 0) is 13.0 Å². The quantitative estimate of drug-likeness (QED) is 0.233. The summed E-state index contributed by atoms with van der Waals surface area (Å²) in [5.41, 5.74) is 3.14. The lowest BCUT2D eigenvalue weighted by molar-refractivity contribution is 0.303. The number of hydrogen-bond donors (Lipinski definition) is 0. The molecule has 6 aromatic rings. The number of methoxy groups -OCH3 is 1. The maximum atomic E-state index is 13.8. The molecule has 0 aliphatic carbocycles. The van der Waals surface area contributed by atoms with E-state index in [1.807, 2.05) is 47.8 Å². The molecule has 0 radical (unpaired) electrons. The highest BCUT2D eigenvalue weighted by Crippen LogP contribution is 2.38. The molecule has 0 saturated heterocycles. The molecule has 35 heavy (non-hydrogen) atoms. The van der Waals surface area contributed by atoms with Gasteiger partial charge in [0.05, 0.1) is 24.4 Å². The molecular formula is C25H19FN4O3S2. The van der Waals surface area contributed by atoms with Crippen molar-refractivity contribution in [3.63, 3.8) is 0 Å². The Morgan fingerprint density at radius 2 is 2.03 bits per heavy atom. The molecule has 7 nitrogen and oxygen atoms in total. The van der Waals surface area contributed by atoms with Crippen LogP contribution in [0.5, 0.6) is 11.5 Å². The van der Waals surface area contributed by atoms with Gasteiger partial charge in [0.2, 0.25) is 4.96 Å². The minimum absolute atomic E-state index is 0.298. The van der Waals surface area contributed by atoms with E-state index in [1.54, 1.807) is 35.2 Å². The summed E-state index contributed by atoms with van der Waals surface area (Å²) in [6, 6.07) is 15.6. The molecule has 0 saturated carbocycles. The molecule has 1 atom stereocenters. The van der Waals surface area contributed by atoms with Crippen LogP contribution >= 0.6 is 22.7 Å². The molecule has 1 unspecified atom stereocenters. The zero-order chi connectivity index (χ0) is 23.9. The molecule has 0 aliphatic heterocycles. The van der Waals surface area contributed by atoms with Crippen LogP contribution in [0.15, 0.2) is 64.5 Å². The van der Waals surface area contributed by atoms with Gasteiger partial charge in [0, 0.05) is 23.1 Å². The topological polar surface area (TPSA) is 74.7 Å². The van der Waals surface area contributed by atoms with E-state index in [2.05, 4.69) is 10.1 Å². The first kappa shape index (κ1) is 21.8. The number of hydrogen-bond acceptors (Lipinski definition) is 8. The van der Waals surface area contributed by atoms with Gasteiger partial charge in [0.25, 0.3) is 0 Å². The lowest BCUT2D eigenvalue weighted by Crippen LogP contribution is -1.97. The Hall–Kier alpha value is -3.76. The van der Waals surface area contributed by atoms with Crippen molar-refractivity contribution in [2.75, 3.05) is 7.11 Å². The monoisotopic (exact) mass is 506 g/mol.